The van der Waals surface area contributed by atoms with Crippen molar-refractivity contribution in [3.8, 4) is 0 Å². The number of rotatable bonds is 2. The molecule has 3 rings (SSSR count). The number of fused-ring (bicyclic) bond motifs is 1. The van der Waals surface area contributed by atoms with Gasteiger partial charge in [-0.3, -0.25) is 0 Å². The number of likely N-dealkylation sites (N-methyl/N-ethyl adjacent to an activating group) is 1. The second kappa shape index (κ2) is 3.59. The van der Waals surface area contributed by atoms with Gasteiger partial charge >= 0.3 is 0 Å². The van der Waals surface area contributed by atoms with E-state index in [1.807, 2.05) is 0 Å². The van der Waals surface area contributed by atoms with Crippen LogP contribution >= 0.6 is 0 Å². The van der Waals surface area contributed by atoms with Gasteiger partial charge in [0, 0.05) is 30.5 Å². The molecule has 3 heteroatoms. The Kier molecular flexibility index (Phi) is 2.32. The van der Waals surface area contributed by atoms with Crippen LogP contribution in [-0.2, 0) is 6.54 Å². The molecule has 2 heterocycles. The first-order valence-electron chi connectivity index (χ1n) is 6.33. The van der Waals surface area contributed by atoms with Gasteiger partial charge in [-0.05, 0) is 25.8 Å². The quantitative estimate of drug-likeness (QED) is 0.767. The molecule has 1 atom stereocenters. The third kappa shape index (κ3) is 1.58. The maximum atomic E-state index is 5.59. The highest BCUT2D eigenvalue weighted by molar-refractivity contribution is 5.33. The summed E-state index contributed by atoms with van der Waals surface area (Å²) >= 11 is 0. The van der Waals surface area contributed by atoms with E-state index in [9.17, 15) is 0 Å². The highest BCUT2D eigenvalue weighted by Gasteiger charge is 2.37. The fourth-order valence-electron chi connectivity index (χ4n) is 2.73. The van der Waals surface area contributed by atoms with Crippen molar-refractivity contribution in [2.24, 2.45) is 5.92 Å². The van der Waals surface area contributed by atoms with E-state index < -0.39 is 0 Å². The average Bonchev–Trinajstić information content (AvgIpc) is 2.98. The van der Waals surface area contributed by atoms with Crippen molar-refractivity contribution in [1.82, 2.24) is 10.1 Å². The average molecular weight is 220 g/mol. The Balaban J connectivity index is 1.99. The van der Waals surface area contributed by atoms with Crippen LogP contribution < -0.4 is 0 Å². The van der Waals surface area contributed by atoms with Crippen molar-refractivity contribution >= 4 is 0 Å². The minimum absolute atomic E-state index is 0.546. The van der Waals surface area contributed by atoms with Gasteiger partial charge in [0.1, 0.15) is 5.76 Å². The second-order valence-electron chi connectivity index (χ2n) is 5.73. The van der Waals surface area contributed by atoms with Crippen LogP contribution in [0.15, 0.2) is 4.52 Å². The molecule has 1 aromatic heterocycles. The molecule has 16 heavy (non-hydrogen) atoms. The lowest BCUT2D eigenvalue weighted by molar-refractivity contribution is 0.248. The van der Waals surface area contributed by atoms with Crippen LogP contribution in [0.1, 0.15) is 55.5 Å². The van der Waals surface area contributed by atoms with E-state index in [1.54, 1.807) is 0 Å². The Morgan fingerprint density at radius 1 is 1.38 bits per heavy atom. The predicted molar refractivity (Wildman–Crippen MR) is 62.4 cm³/mol. The van der Waals surface area contributed by atoms with Gasteiger partial charge in [0.2, 0.25) is 0 Å². The van der Waals surface area contributed by atoms with E-state index in [0.29, 0.717) is 17.8 Å². The summed E-state index contributed by atoms with van der Waals surface area (Å²) in [6, 6.07) is 0. The fourth-order valence-corrected chi connectivity index (χ4v) is 2.73. The summed E-state index contributed by atoms with van der Waals surface area (Å²) in [7, 11) is 2.20. The lowest BCUT2D eigenvalue weighted by Gasteiger charge is -2.31. The Hall–Kier alpha value is -0.830. The first kappa shape index (κ1) is 10.3. The summed E-state index contributed by atoms with van der Waals surface area (Å²) in [5.74, 6) is 3.05. The van der Waals surface area contributed by atoms with Crippen LogP contribution in [0.2, 0.25) is 0 Å². The molecule has 0 bridgehead atoms. The fraction of sp³-hybridized carbons (Fsp3) is 0.769. The van der Waals surface area contributed by atoms with Crippen LogP contribution in [-0.4, -0.2) is 23.6 Å². The SMILES string of the molecule is CC(C)C1CN(C)Cc2c1noc2C1CC1. The summed E-state index contributed by atoms with van der Waals surface area (Å²) in [6.07, 6.45) is 2.58. The Labute approximate surface area is 96.8 Å². The molecule has 1 aromatic rings. The molecule has 0 radical (unpaired) electrons. The summed E-state index contributed by atoms with van der Waals surface area (Å²) in [5, 5.41) is 4.35. The van der Waals surface area contributed by atoms with Gasteiger partial charge in [-0.25, -0.2) is 0 Å². The molecule has 0 N–H and O–H groups in total. The normalized spacial score (nSPS) is 26.1. The highest BCUT2D eigenvalue weighted by Crippen LogP contribution is 2.45. The lowest BCUT2D eigenvalue weighted by atomic mass is 9.86. The maximum absolute atomic E-state index is 5.59. The zero-order valence-corrected chi connectivity index (χ0v) is 10.4. The molecular weight excluding hydrogens is 200 g/mol. The smallest absolute Gasteiger partial charge is 0.144 e. The zero-order valence-electron chi connectivity index (χ0n) is 10.4. The Morgan fingerprint density at radius 2 is 2.12 bits per heavy atom. The van der Waals surface area contributed by atoms with E-state index in [1.165, 1.54) is 29.9 Å². The van der Waals surface area contributed by atoms with Crippen molar-refractivity contribution in [3.05, 3.63) is 17.0 Å². The molecule has 2 aliphatic rings. The van der Waals surface area contributed by atoms with E-state index in [4.69, 9.17) is 4.52 Å². The van der Waals surface area contributed by atoms with Crippen molar-refractivity contribution in [3.63, 3.8) is 0 Å². The van der Waals surface area contributed by atoms with Crippen molar-refractivity contribution in [1.29, 1.82) is 0 Å². The summed E-state index contributed by atoms with van der Waals surface area (Å²) in [4.78, 5) is 2.40. The van der Waals surface area contributed by atoms with Crippen LogP contribution in [0.4, 0.5) is 0 Å². The largest absolute Gasteiger partial charge is 0.360 e. The summed E-state index contributed by atoms with van der Waals surface area (Å²) < 4.78 is 5.59. The van der Waals surface area contributed by atoms with Gasteiger partial charge in [-0.1, -0.05) is 19.0 Å². The summed E-state index contributed by atoms with van der Waals surface area (Å²) in [5.41, 5.74) is 2.64. The van der Waals surface area contributed by atoms with Gasteiger partial charge < -0.3 is 9.42 Å². The topological polar surface area (TPSA) is 29.3 Å². The van der Waals surface area contributed by atoms with Crippen LogP contribution in [0.25, 0.3) is 0 Å². The van der Waals surface area contributed by atoms with E-state index in [0.717, 1.165) is 13.1 Å². The Bertz CT molecular complexity index is 393. The standard InChI is InChI=1S/C13H20N2O/c1-8(2)10-6-15(3)7-11-12(10)14-16-13(11)9-4-5-9/h8-10H,4-7H2,1-3H3. The van der Waals surface area contributed by atoms with Crippen molar-refractivity contribution in [2.45, 2.75) is 45.1 Å². The predicted octanol–water partition coefficient (Wildman–Crippen LogP) is 2.74. The van der Waals surface area contributed by atoms with Gasteiger partial charge in [-0.2, -0.15) is 0 Å². The molecule has 1 fully saturated rings. The molecule has 88 valence electrons. The summed E-state index contributed by atoms with van der Waals surface area (Å²) in [6.45, 7) is 6.69. The van der Waals surface area contributed by atoms with Crippen LogP contribution in [0.5, 0.6) is 0 Å². The van der Waals surface area contributed by atoms with E-state index in [2.05, 4.69) is 31.0 Å². The van der Waals surface area contributed by atoms with Gasteiger partial charge in [0.25, 0.3) is 0 Å². The highest BCUT2D eigenvalue weighted by atomic mass is 16.5. The minimum Gasteiger partial charge on any atom is -0.360 e. The van der Waals surface area contributed by atoms with E-state index in [-0.39, 0.29) is 0 Å². The second-order valence-corrected chi connectivity index (χ2v) is 5.73. The molecule has 1 saturated carbocycles. The molecule has 0 aromatic carbocycles. The van der Waals surface area contributed by atoms with Gasteiger partial charge in [0.15, 0.2) is 0 Å². The maximum Gasteiger partial charge on any atom is 0.144 e. The third-order valence-electron chi connectivity index (χ3n) is 3.89. The molecule has 0 amide bonds. The first-order valence-corrected chi connectivity index (χ1v) is 6.33. The molecule has 1 aliphatic carbocycles. The number of nitrogens with zero attached hydrogens (tertiary/aromatic N) is 2. The Morgan fingerprint density at radius 3 is 2.75 bits per heavy atom. The molecule has 3 nitrogen and oxygen atoms in total. The zero-order chi connectivity index (χ0) is 11.3. The molecular formula is C13H20N2O. The lowest BCUT2D eigenvalue weighted by Crippen LogP contribution is -2.32. The first-order chi connectivity index (χ1) is 7.66. The number of hydrogen-bond acceptors (Lipinski definition) is 3. The molecule has 1 unspecified atom stereocenters. The molecule has 0 spiro atoms. The van der Waals surface area contributed by atoms with Gasteiger partial charge in [-0.15, -0.1) is 0 Å². The van der Waals surface area contributed by atoms with Crippen molar-refractivity contribution in [2.75, 3.05) is 13.6 Å². The van der Waals surface area contributed by atoms with Crippen LogP contribution in [0, 0.1) is 5.92 Å². The molecule has 0 saturated heterocycles. The van der Waals surface area contributed by atoms with Gasteiger partial charge in [0.05, 0.1) is 5.69 Å². The monoisotopic (exact) mass is 220 g/mol. The molecule has 1 aliphatic heterocycles. The number of hydrogen-bond donors (Lipinski definition) is 0. The van der Waals surface area contributed by atoms with Crippen LogP contribution in [0.3, 0.4) is 0 Å². The van der Waals surface area contributed by atoms with Crippen molar-refractivity contribution < 1.29 is 4.52 Å². The van der Waals surface area contributed by atoms with E-state index >= 15 is 0 Å². The minimum atomic E-state index is 0.546. The third-order valence-corrected chi connectivity index (χ3v) is 3.89. The number of aromatic nitrogens is 1.